The van der Waals surface area contributed by atoms with Gasteiger partial charge in [0, 0.05) is 30.8 Å². The van der Waals surface area contributed by atoms with Gasteiger partial charge in [0.25, 0.3) is 0 Å². The fraction of sp³-hybridized carbons (Fsp3) is 0.629. The number of nitrogens with one attached hydrogen (secondary N) is 4. The van der Waals surface area contributed by atoms with E-state index in [2.05, 4.69) is 21.3 Å². The first kappa shape index (κ1) is 37.5. The Labute approximate surface area is 278 Å². The van der Waals surface area contributed by atoms with E-state index in [0.29, 0.717) is 44.9 Å². The van der Waals surface area contributed by atoms with E-state index in [0.717, 1.165) is 42.3 Å². The Morgan fingerprint density at radius 1 is 0.957 bits per heavy atom. The lowest BCUT2D eigenvalue weighted by atomic mass is 9.97. The Morgan fingerprint density at radius 2 is 1.70 bits per heavy atom. The maximum absolute atomic E-state index is 14.0. The van der Waals surface area contributed by atoms with Crippen molar-refractivity contribution >= 4 is 40.4 Å². The van der Waals surface area contributed by atoms with Gasteiger partial charge >= 0.3 is 5.97 Å². The van der Waals surface area contributed by atoms with Gasteiger partial charge in [0.2, 0.25) is 17.7 Å². The summed E-state index contributed by atoms with van der Waals surface area (Å²) in [6, 6.07) is 4.30. The second-order valence-corrected chi connectivity index (χ2v) is 12.4. The zero-order valence-corrected chi connectivity index (χ0v) is 28.6. The molecular formula is C35H53N5O7. The molecule has 1 aromatic carbocycles. The number of rotatable bonds is 19. The highest BCUT2D eigenvalue weighted by molar-refractivity contribution is 5.95. The summed E-state index contributed by atoms with van der Waals surface area (Å²) in [5, 5.41) is 12.7. The number of esters is 1. The van der Waals surface area contributed by atoms with E-state index in [9.17, 15) is 24.0 Å². The van der Waals surface area contributed by atoms with Crippen LogP contribution in [0.4, 0.5) is 0 Å². The number of hydrogen-bond acceptors (Lipinski definition) is 8. The number of para-hydroxylation sites is 1. The van der Waals surface area contributed by atoms with Crippen LogP contribution in [-0.2, 0) is 35.1 Å². The molecule has 5 atom stereocenters. The molecule has 12 nitrogen and oxygen atoms in total. The summed E-state index contributed by atoms with van der Waals surface area (Å²) in [4.78, 5) is 71.1. The van der Waals surface area contributed by atoms with Gasteiger partial charge in [-0.25, -0.2) is 4.79 Å². The van der Waals surface area contributed by atoms with Crippen molar-refractivity contribution in [1.29, 1.82) is 0 Å². The quantitative estimate of drug-likeness (QED) is 0.133. The molecule has 12 heteroatoms. The third-order valence-corrected chi connectivity index (χ3v) is 9.08. The molecule has 2 aromatic rings. The molecule has 1 aliphatic heterocycles. The molecule has 0 radical (unpaired) electrons. The van der Waals surface area contributed by atoms with Crippen LogP contribution >= 0.6 is 0 Å². The molecule has 1 fully saturated rings. The van der Waals surface area contributed by atoms with Gasteiger partial charge in [-0.2, -0.15) is 4.73 Å². The minimum Gasteiger partial charge on any atom is -0.467 e. The monoisotopic (exact) mass is 655 g/mol. The SMILES string of the molecule is CCC(=O)CCCCC[C@H](NC(=O)[C@H]1CCCCN1)C(=O)N[C@@H](Cc1cn(OC)c2ccccc12)C(=O)N[C@H](C(=O)OC)[C@@H](C)CC. The van der Waals surface area contributed by atoms with Gasteiger partial charge < -0.3 is 30.8 Å². The third kappa shape index (κ3) is 10.8. The number of amides is 3. The Balaban J connectivity index is 1.88. The molecule has 260 valence electrons. The molecule has 3 rings (SSSR count). The van der Waals surface area contributed by atoms with Crippen LogP contribution in [0, 0.1) is 5.92 Å². The molecule has 0 saturated carbocycles. The van der Waals surface area contributed by atoms with Gasteiger partial charge in [-0.05, 0) is 49.8 Å². The van der Waals surface area contributed by atoms with E-state index in [-0.39, 0.29) is 24.0 Å². The molecule has 1 saturated heterocycles. The molecule has 2 heterocycles. The average Bonchev–Trinajstić information content (AvgIpc) is 3.46. The number of benzene rings is 1. The number of carbonyl (C=O) groups excluding carboxylic acids is 5. The number of hydrogen-bond donors (Lipinski definition) is 4. The number of unbranched alkanes of at least 4 members (excludes halogenated alkanes) is 2. The minimum absolute atomic E-state index is 0.104. The van der Waals surface area contributed by atoms with Crippen molar-refractivity contribution in [3.63, 3.8) is 0 Å². The normalized spacial score (nSPS) is 17.2. The summed E-state index contributed by atoms with van der Waals surface area (Å²) >= 11 is 0. The molecular weight excluding hydrogens is 602 g/mol. The first-order valence-corrected chi connectivity index (χ1v) is 17.0. The average molecular weight is 656 g/mol. The van der Waals surface area contributed by atoms with Crippen LogP contribution in [0.5, 0.6) is 0 Å². The first-order chi connectivity index (χ1) is 22.6. The molecule has 0 bridgehead atoms. The van der Waals surface area contributed by atoms with Gasteiger partial charge in [-0.15, -0.1) is 0 Å². The molecule has 4 N–H and O–H groups in total. The number of ether oxygens (including phenoxy) is 1. The Bertz CT molecular complexity index is 1350. The fourth-order valence-corrected chi connectivity index (χ4v) is 5.92. The largest absolute Gasteiger partial charge is 0.467 e. The zero-order chi connectivity index (χ0) is 34.3. The van der Waals surface area contributed by atoms with Crippen molar-refractivity contribution in [2.45, 2.75) is 116 Å². The molecule has 1 aliphatic rings. The van der Waals surface area contributed by atoms with Crippen molar-refractivity contribution in [2.24, 2.45) is 5.92 Å². The van der Waals surface area contributed by atoms with Gasteiger partial charge in [-0.3, -0.25) is 19.2 Å². The molecule has 0 unspecified atom stereocenters. The standard InChI is InChI=1S/C35H53N5O7/c1-6-23(3)31(35(45)46-4)39-34(44)29(21-24-22-40(47-5)30-19-12-11-16-26(24)30)38-33(43)28(18-10-8-9-15-25(41)7-2)37-32(42)27-17-13-14-20-36-27/h11-12,16,19,22-23,27-29,31,36H,6-10,13-15,17-18,20-21H2,1-5H3,(H,37,42)(H,38,43)(H,39,44)/t23-,27+,28-,29-,31-/m0/s1. The molecule has 3 amide bonds. The van der Waals surface area contributed by atoms with Gasteiger partial charge in [0.1, 0.15) is 31.0 Å². The van der Waals surface area contributed by atoms with Crippen molar-refractivity contribution in [3.05, 3.63) is 36.0 Å². The maximum Gasteiger partial charge on any atom is 0.328 e. The number of methoxy groups -OCH3 is 1. The number of piperidine rings is 1. The van der Waals surface area contributed by atoms with Crippen LogP contribution in [0.15, 0.2) is 30.5 Å². The fourth-order valence-electron chi connectivity index (χ4n) is 5.92. The summed E-state index contributed by atoms with van der Waals surface area (Å²) in [7, 11) is 2.82. The smallest absolute Gasteiger partial charge is 0.328 e. The van der Waals surface area contributed by atoms with E-state index in [4.69, 9.17) is 9.57 Å². The summed E-state index contributed by atoms with van der Waals surface area (Å²) in [6.07, 6.45) is 8.46. The van der Waals surface area contributed by atoms with Crippen LogP contribution < -0.4 is 26.1 Å². The van der Waals surface area contributed by atoms with Crippen molar-refractivity contribution in [2.75, 3.05) is 20.8 Å². The molecule has 0 spiro atoms. The van der Waals surface area contributed by atoms with Crippen LogP contribution in [0.1, 0.15) is 90.5 Å². The van der Waals surface area contributed by atoms with Gasteiger partial charge in [0.05, 0.1) is 18.7 Å². The van der Waals surface area contributed by atoms with Crippen molar-refractivity contribution < 1.29 is 33.5 Å². The minimum atomic E-state index is -1.08. The Morgan fingerprint density at radius 3 is 2.36 bits per heavy atom. The summed E-state index contributed by atoms with van der Waals surface area (Å²) < 4.78 is 6.58. The first-order valence-electron chi connectivity index (χ1n) is 17.0. The third-order valence-electron chi connectivity index (χ3n) is 9.08. The van der Waals surface area contributed by atoms with Crippen LogP contribution in [0.3, 0.4) is 0 Å². The van der Waals surface area contributed by atoms with Gasteiger partial charge in [-0.1, -0.05) is 64.7 Å². The lowest BCUT2D eigenvalue weighted by Gasteiger charge is -2.28. The maximum atomic E-state index is 14.0. The van der Waals surface area contributed by atoms with E-state index in [1.54, 1.807) is 18.0 Å². The summed E-state index contributed by atoms with van der Waals surface area (Å²) in [5.74, 6) is -1.87. The number of fused-ring (bicyclic) bond motifs is 1. The number of carbonyl (C=O) groups is 5. The van der Waals surface area contributed by atoms with Crippen LogP contribution in [0.25, 0.3) is 10.9 Å². The van der Waals surface area contributed by atoms with E-state index in [1.165, 1.54) is 7.11 Å². The van der Waals surface area contributed by atoms with Gasteiger partial charge in [0.15, 0.2) is 0 Å². The van der Waals surface area contributed by atoms with Crippen molar-refractivity contribution in [1.82, 2.24) is 26.0 Å². The zero-order valence-electron chi connectivity index (χ0n) is 28.6. The second kappa shape index (κ2) is 19.0. The highest BCUT2D eigenvalue weighted by atomic mass is 16.6. The summed E-state index contributed by atoms with van der Waals surface area (Å²) in [6.45, 7) is 6.33. The predicted octanol–water partition coefficient (Wildman–Crippen LogP) is 2.99. The topological polar surface area (TPSA) is 157 Å². The lowest BCUT2D eigenvalue weighted by molar-refractivity contribution is -0.147. The highest BCUT2D eigenvalue weighted by Gasteiger charge is 2.33. The highest BCUT2D eigenvalue weighted by Crippen LogP contribution is 2.22. The molecule has 47 heavy (non-hydrogen) atoms. The molecule has 1 aromatic heterocycles. The van der Waals surface area contributed by atoms with E-state index >= 15 is 0 Å². The summed E-state index contributed by atoms with van der Waals surface area (Å²) in [5.41, 5.74) is 1.56. The van der Waals surface area contributed by atoms with Crippen molar-refractivity contribution in [3.8, 4) is 0 Å². The Hall–Kier alpha value is -3.93. The number of ketones is 1. The Kier molecular flexibility index (Phi) is 15.2. The van der Waals surface area contributed by atoms with Crippen LogP contribution in [0.2, 0.25) is 0 Å². The second-order valence-electron chi connectivity index (χ2n) is 12.4. The predicted molar refractivity (Wildman–Crippen MR) is 179 cm³/mol. The lowest BCUT2D eigenvalue weighted by Crippen LogP contribution is -2.58. The van der Waals surface area contributed by atoms with E-state index < -0.39 is 42.0 Å². The number of aromatic nitrogens is 1. The number of Topliss-reactive ketones (excluding diaryl/α,β-unsaturated/α-hetero) is 1. The van der Waals surface area contributed by atoms with E-state index in [1.807, 2.05) is 45.0 Å². The molecule has 0 aliphatic carbocycles. The number of nitrogens with zero attached hydrogens (tertiary/aromatic N) is 1. The van der Waals surface area contributed by atoms with Crippen LogP contribution in [-0.4, -0.2) is 79.1 Å².